The fourth-order valence-corrected chi connectivity index (χ4v) is 3.96. The maximum atomic E-state index is 12.6. The van der Waals surface area contributed by atoms with Crippen LogP contribution in [-0.2, 0) is 13.5 Å². The number of fused-ring (bicyclic) bond motifs is 1. The van der Waals surface area contributed by atoms with E-state index in [1.807, 2.05) is 41.9 Å². The minimum Gasteiger partial charge on any atom is -0.348 e. The van der Waals surface area contributed by atoms with Gasteiger partial charge in [0.1, 0.15) is 5.69 Å². The molecule has 0 aliphatic carbocycles. The summed E-state index contributed by atoms with van der Waals surface area (Å²) in [5.41, 5.74) is 2.91. The number of thiophene rings is 1. The van der Waals surface area contributed by atoms with E-state index in [1.165, 1.54) is 16.9 Å². The first-order valence-electron chi connectivity index (χ1n) is 7.68. The van der Waals surface area contributed by atoms with Crippen molar-refractivity contribution < 1.29 is 4.79 Å². The van der Waals surface area contributed by atoms with Crippen LogP contribution in [0, 0.1) is 0 Å². The first-order chi connectivity index (χ1) is 11.1. The Morgan fingerprint density at radius 1 is 1.30 bits per heavy atom. The number of nitrogens with zero attached hydrogens (tertiary/aromatic N) is 1. The summed E-state index contributed by atoms with van der Waals surface area (Å²) in [7, 11) is 1.90. The second-order valence-electron chi connectivity index (χ2n) is 5.66. The Morgan fingerprint density at radius 2 is 2.04 bits per heavy atom. The summed E-state index contributed by atoms with van der Waals surface area (Å²) in [6, 6.07) is 14.2. The van der Waals surface area contributed by atoms with Crippen LogP contribution < -0.4 is 5.32 Å². The molecule has 1 aromatic carbocycles. The van der Waals surface area contributed by atoms with Crippen molar-refractivity contribution in [3.8, 4) is 0 Å². The van der Waals surface area contributed by atoms with E-state index in [0.717, 1.165) is 27.4 Å². The number of benzene rings is 1. The Hall–Kier alpha value is -1.78. The van der Waals surface area contributed by atoms with Gasteiger partial charge in [-0.15, -0.1) is 11.3 Å². The van der Waals surface area contributed by atoms with Gasteiger partial charge in [0, 0.05) is 13.1 Å². The SMILES string of the molecule is CC[C@H](Cc1ccccc1)NC(=O)c1cc2sc(Cl)cc2n1C. The molecule has 0 radical (unpaired) electrons. The van der Waals surface area contributed by atoms with Crippen LogP contribution in [0.4, 0.5) is 0 Å². The quantitative estimate of drug-likeness (QED) is 0.717. The van der Waals surface area contributed by atoms with Crippen LogP contribution in [0.5, 0.6) is 0 Å². The predicted octanol–water partition coefficient (Wildman–Crippen LogP) is 4.64. The van der Waals surface area contributed by atoms with Crippen molar-refractivity contribution in [3.63, 3.8) is 0 Å². The van der Waals surface area contributed by atoms with Gasteiger partial charge in [-0.05, 0) is 30.5 Å². The molecular weight excluding hydrogens is 328 g/mol. The third-order valence-electron chi connectivity index (χ3n) is 4.09. The fraction of sp³-hybridized carbons (Fsp3) is 0.278. The monoisotopic (exact) mass is 346 g/mol. The number of hydrogen-bond donors (Lipinski definition) is 1. The lowest BCUT2D eigenvalue weighted by atomic mass is 10.0. The molecule has 2 aromatic heterocycles. The van der Waals surface area contributed by atoms with Crippen molar-refractivity contribution in [2.24, 2.45) is 7.05 Å². The summed E-state index contributed by atoms with van der Waals surface area (Å²) in [4.78, 5) is 12.6. The molecule has 0 aliphatic heterocycles. The molecule has 0 saturated carbocycles. The summed E-state index contributed by atoms with van der Waals surface area (Å²) < 4.78 is 3.69. The van der Waals surface area contributed by atoms with Crippen LogP contribution >= 0.6 is 22.9 Å². The van der Waals surface area contributed by atoms with Gasteiger partial charge >= 0.3 is 0 Å². The highest BCUT2D eigenvalue weighted by Crippen LogP contribution is 2.31. The van der Waals surface area contributed by atoms with Crippen LogP contribution in [0.2, 0.25) is 4.34 Å². The molecule has 0 bridgehead atoms. The van der Waals surface area contributed by atoms with E-state index >= 15 is 0 Å². The average Bonchev–Trinajstić information content (AvgIpc) is 3.05. The Labute approximate surface area is 144 Å². The van der Waals surface area contributed by atoms with Crippen molar-refractivity contribution >= 4 is 39.1 Å². The number of rotatable bonds is 5. The van der Waals surface area contributed by atoms with Gasteiger partial charge in [-0.1, -0.05) is 48.9 Å². The number of amides is 1. The zero-order valence-corrected chi connectivity index (χ0v) is 14.7. The van der Waals surface area contributed by atoms with Gasteiger partial charge in [-0.25, -0.2) is 0 Å². The van der Waals surface area contributed by atoms with Gasteiger partial charge in [0.25, 0.3) is 5.91 Å². The van der Waals surface area contributed by atoms with Gasteiger partial charge in [0.15, 0.2) is 0 Å². The molecule has 1 amide bonds. The van der Waals surface area contributed by atoms with Gasteiger partial charge in [0.05, 0.1) is 14.6 Å². The summed E-state index contributed by atoms with van der Waals surface area (Å²) in [5.74, 6) is -0.0326. The van der Waals surface area contributed by atoms with Crippen molar-refractivity contribution in [2.45, 2.75) is 25.8 Å². The Morgan fingerprint density at radius 3 is 2.70 bits per heavy atom. The Kier molecular flexibility index (Phi) is 4.74. The zero-order valence-electron chi connectivity index (χ0n) is 13.2. The van der Waals surface area contributed by atoms with Crippen molar-refractivity contribution in [2.75, 3.05) is 0 Å². The maximum absolute atomic E-state index is 12.6. The average molecular weight is 347 g/mol. The van der Waals surface area contributed by atoms with E-state index < -0.39 is 0 Å². The molecule has 3 nitrogen and oxygen atoms in total. The van der Waals surface area contributed by atoms with E-state index in [4.69, 9.17) is 11.6 Å². The van der Waals surface area contributed by atoms with Gasteiger partial charge in [-0.2, -0.15) is 0 Å². The van der Waals surface area contributed by atoms with Crippen molar-refractivity contribution in [1.82, 2.24) is 9.88 Å². The molecule has 0 aliphatic rings. The largest absolute Gasteiger partial charge is 0.348 e. The molecule has 1 atom stereocenters. The smallest absolute Gasteiger partial charge is 0.268 e. The number of carbonyl (C=O) groups excluding carboxylic acids is 1. The molecule has 0 spiro atoms. The summed E-state index contributed by atoms with van der Waals surface area (Å²) in [6.07, 6.45) is 1.74. The van der Waals surface area contributed by atoms with E-state index in [9.17, 15) is 4.79 Å². The number of aryl methyl sites for hydroxylation is 1. The molecule has 0 unspecified atom stereocenters. The molecule has 23 heavy (non-hydrogen) atoms. The highest BCUT2D eigenvalue weighted by atomic mass is 35.5. The second kappa shape index (κ2) is 6.77. The number of aromatic nitrogens is 1. The molecule has 0 saturated heterocycles. The van der Waals surface area contributed by atoms with E-state index in [1.54, 1.807) is 0 Å². The zero-order chi connectivity index (χ0) is 16.4. The van der Waals surface area contributed by atoms with Gasteiger partial charge < -0.3 is 9.88 Å². The Bertz CT molecular complexity index is 822. The molecule has 5 heteroatoms. The summed E-state index contributed by atoms with van der Waals surface area (Å²) in [5, 5.41) is 3.15. The predicted molar refractivity (Wildman–Crippen MR) is 97.5 cm³/mol. The lowest BCUT2D eigenvalue weighted by Gasteiger charge is -2.17. The van der Waals surface area contributed by atoms with E-state index in [0.29, 0.717) is 5.69 Å². The topological polar surface area (TPSA) is 34.0 Å². The number of nitrogens with one attached hydrogen (secondary N) is 1. The number of carbonyl (C=O) groups is 1. The third-order valence-corrected chi connectivity index (χ3v) is 5.29. The van der Waals surface area contributed by atoms with Crippen LogP contribution in [0.3, 0.4) is 0 Å². The van der Waals surface area contributed by atoms with Crippen LogP contribution in [0.25, 0.3) is 10.2 Å². The first kappa shape index (κ1) is 16.1. The normalized spacial score (nSPS) is 12.5. The number of hydrogen-bond acceptors (Lipinski definition) is 2. The van der Waals surface area contributed by atoms with Crippen molar-refractivity contribution in [1.29, 1.82) is 0 Å². The maximum Gasteiger partial charge on any atom is 0.268 e. The van der Waals surface area contributed by atoms with Gasteiger partial charge in [-0.3, -0.25) is 4.79 Å². The molecule has 3 rings (SSSR count). The third kappa shape index (κ3) is 3.43. The van der Waals surface area contributed by atoms with Crippen LogP contribution in [0.1, 0.15) is 29.4 Å². The molecule has 120 valence electrons. The van der Waals surface area contributed by atoms with Gasteiger partial charge in [0.2, 0.25) is 0 Å². The number of halogens is 1. The fourth-order valence-electron chi connectivity index (χ4n) is 2.75. The van der Waals surface area contributed by atoms with Crippen LogP contribution in [0.15, 0.2) is 42.5 Å². The van der Waals surface area contributed by atoms with E-state index in [2.05, 4.69) is 24.4 Å². The van der Waals surface area contributed by atoms with E-state index in [-0.39, 0.29) is 11.9 Å². The standard InChI is InChI=1S/C18H19ClN2OS/c1-3-13(9-12-7-5-4-6-8-12)20-18(22)15-10-16-14(21(15)2)11-17(19)23-16/h4-8,10-11,13H,3,9H2,1-2H3,(H,20,22)/t13-/m1/s1. The summed E-state index contributed by atoms with van der Waals surface area (Å²) >= 11 is 7.53. The molecule has 3 aromatic rings. The minimum absolute atomic E-state index is 0.0326. The first-order valence-corrected chi connectivity index (χ1v) is 8.87. The molecule has 0 fully saturated rings. The Balaban J connectivity index is 1.75. The lowest BCUT2D eigenvalue weighted by molar-refractivity contribution is 0.0928. The summed E-state index contributed by atoms with van der Waals surface area (Å²) in [6.45, 7) is 2.09. The van der Waals surface area contributed by atoms with Crippen LogP contribution in [-0.4, -0.2) is 16.5 Å². The highest BCUT2D eigenvalue weighted by molar-refractivity contribution is 7.22. The lowest BCUT2D eigenvalue weighted by Crippen LogP contribution is -2.36. The molecule has 2 heterocycles. The molecular formula is C18H19ClN2OS. The molecule has 1 N–H and O–H groups in total. The second-order valence-corrected chi connectivity index (χ2v) is 7.37. The van der Waals surface area contributed by atoms with Crippen molar-refractivity contribution in [3.05, 3.63) is 58.1 Å². The highest BCUT2D eigenvalue weighted by Gasteiger charge is 2.18. The minimum atomic E-state index is -0.0326.